The minimum atomic E-state index is -0.691. The normalized spacial score (nSPS) is 11.2. The van der Waals surface area contributed by atoms with Gasteiger partial charge >= 0.3 is 5.97 Å². The summed E-state index contributed by atoms with van der Waals surface area (Å²) in [6, 6.07) is 8.43. The molecule has 1 heterocycles. The van der Waals surface area contributed by atoms with Crippen LogP contribution >= 0.6 is 0 Å². The van der Waals surface area contributed by atoms with Crippen molar-refractivity contribution in [2.75, 3.05) is 0 Å². The third kappa shape index (κ3) is 6.45. The molecule has 128 valence electrons. The number of carbonyl (C=O) groups is 1. The fourth-order valence-corrected chi connectivity index (χ4v) is 2.51. The van der Waals surface area contributed by atoms with Gasteiger partial charge in [-0.25, -0.2) is 0 Å². The Kier molecular flexibility index (Phi) is 7.30. The first-order chi connectivity index (χ1) is 10.8. The van der Waals surface area contributed by atoms with Gasteiger partial charge in [-0.3, -0.25) is 4.79 Å². The van der Waals surface area contributed by atoms with Gasteiger partial charge in [0, 0.05) is 36.6 Å². The number of aryl methyl sites for hydroxylation is 1. The molecule has 0 saturated carbocycles. The lowest BCUT2D eigenvalue weighted by Gasteiger charge is -2.16. The number of aromatic nitrogens is 1. The number of rotatable bonds is 5. The van der Waals surface area contributed by atoms with Gasteiger partial charge in [0.05, 0.1) is 0 Å². The van der Waals surface area contributed by atoms with E-state index in [0.29, 0.717) is 13.0 Å². The number of nitrogens with two attached hydrogens (primary N) is 1. The summed E-state index contributed by atoms with van der Waals surface area (Å²) in [5.74, 6) is -0.691. The fraction of sp³-hybridized carbons (Fsp3) is 0.526. The van der Waals surface area contributed by atoms with Gasteiger partial charge in [0.15, 0.2) is 0 Å². The number of nitrogens with zero attached hydrogens (tertiary/aromatic N) is 1. The Bertz CT molecular complexity index is 624. The second kappa shape index (κ2) is 8.73. The van der Waals surface area contributed by atoms with Crippen LogP contribution in [0.25, 0.3) is 10.9 Å². The quantitative estimate of drug-likeness (QED) is 0.858. The molecule has 0 radical (unpaired) electrons. The molecule has 1 aromatic carbocycles. The molecule has 0 atom stereocenters. The van der Waals surface area contributed by atoms with Crippen molar-refractivity contribution in [1.82, 2.24) is 4.57 Å². The molecular formula is C19H30N2O2. The van der Waals surface area contributed by atoms with Gasteiger partial charge in [-0.15, -0.1) is 0 Å². The highest BCUT2D eigenvalue weighted by Gasteiger charge is 2.10. The molecule has 0 aliphatic rings. The average Bonchev–Trinajstić information content (AvgIpc) is 2.89. The molecule has 3 N–H and O–H groups in total. The van der Waals surface area contributed by atoms with Crippen molar-refractivity contribution in [3.05, 3.63) is 36.0 Å². The Morgan fingerprint density at radius 3 is 2.48 bits per heavy atom. The van der Waals surface area contributed by atoms with Crippen LogP contribution in [0.4, 0.5) is 0 Å². The molecule has 0 aliphatic carbocycles. The van der Waals surface area contributed by atoms with Crippen molar-refractivity contribution in [3.8, 4) is 0 Å². The van der Waals surface area contributed by atoms with E-state index in [4.69, 9.17) is 10.8 Å². The van der Waals surface area contributed by atoms with Gasteiger partial charge in [0.2, 0.25) is 0 Å². The number of hydrogen-bond acceptors (Lipinski definition) is 2. The second-order valence-corrected chi connectivity index (χ2v) is 6.96. The van der Waals surface area contributed by atoms with Crippen LogP contribution in [0.1, 0.15) is 52.5 Å². The smallest absolute Gasteiger partial charge is 0.303 e. The summed E-state index contributed by atoms with van der Waals surface area (Å²) in [6.07, 6.45) is 4.19. The molecule has 0 saturated heterocycles. The number of aliphatic carboxylic acids is 1. The van der Waals surface area contributed by atoms with Crippen LogP contribution in [0.3, 0.4) is 0 Å². The summed E-state index contributed by atoms with van der Waals surface area (Å²) < 4.78 is 2.23. The van der Waals surface area contributed by atoms with E-state index in [2.05, 4.69) is 62.7 Å². The van der Waals surface area contributed by atoms with E-state index in [9.17, 15) is 4.79 Å². The molecule has 4 nitrogen and oxygen atoms in total. The van der Waals surface area contributed by atoms with Crippen LogP contribution in [-0.4, -0.2) is 15.6 Å². The topological polar surface area (TPSA) is 68.2 Å². The second-order valence-electron chi connectivity index (χ2n) is 6.96. The molecule has 2 aromatic rings. The van der Waals surface area contributed by atoms with Crippen LogP contribution < -0.4 is 5.73 Å². The van der Waals surface area contributed by atoms with E-state index >= 15 is 0 Å². The maximum absolute atomic E-state index is 10.1. The van der Waals surface area contributed by atoms with Crippen LogP contribution in [0.15, 0.2) is 30.5 Å². The maximum Gasteiger partial charge on any atom is 0.303 e. The summed E-state index contributed by atoms with van der Waals surface area (Å²) in [7, 11) is 0. The van der Waals surface area contributed by atoms with Crippen molar-refractivity contribution in [2.45, 2.75) is 60.0 Å². The average molecular weight is 318 g/mol. The predicted octanol–water partition coefficient (Wildman–Crippen LogP) is 4.41. The SMILES string of the molecule is CC(C)(C)CCCC(=O)O.CCn1ccc2c(CN)cccc21. The van der Waals surface area contributed by atoms with Gasteiger partial charge in [0.25, 0.3) is 0 Å². The first-order valence-corrected chi connectivity index (χ1v) is 8.27. The molecular weight excluding hydrogens is 288 g/mol. The Labute approximate surface area is 139 Å². The highest BCUT2D eigenvalue weighted by Crippen LogP contribution is 2.21. The minimum Gasteiger partial charge on any atom is -0.481 e. The molecule has 2 rings (SSSR count). The zero-order chi connectivity index (χ0) is 17.5. The van der Waals surface area contributed by atoms with Gasteiger partial charge in [-0.05, 0) is 42.9 Å². The molecule has 0 spiro atoms. The zero-order valence-corrected chi connectivity index (χ0v) is 14.8. The standard InChI is InChI=1S/C11H14N2.C8H16O2/c1-2-13-7-6-10-9(8-12)4-3-5-11(10)13;1-8(2,3)6-4-5-7(9)10/h3-7H,2,8,12H2,1H3;4-6H2,1-3H3,(H,9,10). The van der Waals surface area contributed by atoms with Gasteiger partial charge < -0.3 is 15.4 Å². The van der Waals surface area contributed by atoms with Crippen LogP contribution in [0.2, 0.25) is 0 Å². The highest BCUT2D eigenvalue weighted by atomic mass is 16.4. The van der Waals surface area contributed by atoms with Crippen molar-refractivity contribution in [2.24, 2.45) is 11.1 Å². The number of carboxylic acid groups (broad SMARTS) is 1. The fourth-order valence-electron chi connectivity index (χ4n) is 2.51. The number of fused-ring (bicyclic) bond motifs is 1. The molecule has 0 unspecified atom stereocenters. The number of carboxylic acids is 1. The Balaban J connectivity index is 0.000000241. The summed E-state index contributed by atoms with van der Waals surface area (Å²) in [5, 5.41) is 9.59. The zero-order valence-electron chi connectivity index (χ0n) is 14.8. The van der Waals surface area contributed by atoms with E-state index < -0.39 is 5.97 Å². The first kappa shape index (κ1) is 19.2. The Morgan fingerprint density at radius 2 is 1.96 bits per heavy atom. The third-order valence-electron chi connectivity index (χ3n) is 3.78. The number of benzene rings is 1. The third-order valence-corrected chi connectivity index (χ3v) is 3.78. The molecule has 4 heteroatoms. The van der Waals surface area contributed by atoms with Crippen molar-refractivity contribution < 1.29 is 9.90 Å². The maximum atomic E-state index is 10.1. The lowest BCUT2D eigenvalue weighted by molar-refractivity contribution is -0.137. The molecule has 0 fully saturated rings. The van der Waals surface area contributed by atoms with Crippen molar-refractivity contribution in [1.29, 1.82) is 0 Å². The predicted molar refractivity (Wildman–Crippen MR) is 96.4 cm³/mol. The molecule has 0 aliphatic heterocycles. The molecule has 0 amide bonds. The first-order valence-electron chi connectivity index (χ1n) is 8.27. The van der Waals surface area contributed by atoms with E-state index in [1.54, 1.807) is 0 Å². The lowest BCUT2D eigenvalue weighted by atomic mass is 9.90. The monoisotopic (exact) mass is 318 g/mol. The molecule has 1 aromatic heterocycles. The lowest BCUT2D eigenvalue weighted by Crippen LogP contribution is -2.05. The van der Waals surface area contributed by atoms with Gasteiger partial charge in [-0.2, -0.15) is 0 Å². The summed E-state index contributed by atoms with van der Waals surface area (Å²) in [4.78, 5) is 10.1. The highest BCUT2D eigenvalue weighted by molar-refractivity contribution is 5.83. The van der Waals surface area contributed by atoms with Crippen LogP contribution in [0, 0.1) is 5.41 Å². The molecule has 23 heavy (non-hydrogen) atoms. The van der Waals surface area contributed by atoms with Gasteiger partial charge in [0.1, 0.15) is 0 Å². The van der Waals surface area contributed by atoms with E-state index in [-0.39, 0.29) is 5.41 Å². The minimum absolute atomic E-state index is 0.273. The number of hydrogen-bond donors (Lipinski definition) is 2. The van der Waals surface area contributed by atoms with Gasteiger partial charge in [-0.1, -0.05) is 32.9 Å². The van der Waals surface area contributed by atoms with Crippen molar-refractivity contribution in [3.63, 3.8) is 0 Å². The molecule has 0 bridgehead atoms. The van der Waals surface area contributed by atoms with E-state index in [1.165, 1.54) is 16.5 Å². The Morgan fingerprint density at radius 1 is 1.26 bits per heavy atom. The summed E-state index contributed by atoms with van der Waals surface area (Å²) in [5.41, 5.74) is 8.44. The summed E-state index contributed by atoms with van der Waals surface area (Å²) in [6.45, 7) is 10.1. The summed E-state index contributed by atoms with van der Waals surface area (Å²) >= 11 is 0. The Hall–Kier alpha value is -1.81. The van der Waals surface area contributed by atoms with Crippen LogP contribution in [0.5, 0.6) is 0 Å². The van der Waals surface area contributed by atoms with E-state index in [0.717, 1.165) is 19.4 Å². The van der Waals surface area contributed by atoms with E-state index in [1.807, 2.05) is 0 Å². The van der Waals surface area contributed by atoms with Crippen molar-refractivity contribution >= 4 is 16.9 Å². The van der Waals surface area contributed by atoms with Crippen LogP contribution in [-0.2, 0) is 17.9 Å². The largest absolute Gasteiger partial charge is 0.481 e.